The van der Waals surface area contributed by atoms with Gasteiger partial charge in [0.2, 0.25) is 0 Å². The van der Waals surface area contributed by atoms with Crippen LogP contribution >= 0.6 is 0 Å². The molecule has 0 N–H and O–H groups in total. The van der Waals surface area contributed by atoms with Crippen molar-refractivity contribution in [1.82, 2.24) is 9.80 Å². The van der Waals surface area contributed by atoms with Crippen molar-refractivity contribution in [1.29, 1.82) is 0 Å². The van der Waals surface area contributed by atoms with Crippen LogP contribution in [-0.4, -0.2) is 58.1 Å². The van der Waals surface area contributed by atoms with E-state index in [1.54, 1.807) is 6.92 Å². The normalized spacial score (nSPS) is 18.7. The van der Waals surface area contributed by atoms with E-state index in [0.29, 0.717) is 5.57 Å². The maximum absolute atomic E-state index is 12.8. The number of carbonyl (C=O) groups excluding carboxylic acids is 3. The van der Waals surface area contributed by atoms with Crippen molar-refractivity contribution in [3.05, 3.63) is 59.4 Å². The molecule has 2 aliphatic rings. The molecule has 0 saturated heterocycles. The topological polar surface area (TPSA) is 66.9 Å². The molecule has 0 radical (unpaired) electrons. The minimum absolute atomic E-state index is 0.0543. The van der Waals surface area contributed by atoms with Gasteiger partial charge < -0.3 is 14.5 Å². The molecule has 39 heavy (non-hydrogen) atoms. The summed E-state index contributed by atoms with van der Waals surface area (Å²) in [5.41, 5.74) is 1.90. The zero-order chi connectivity index (χ0) is 29.8. The molecule has 0 aliphatic carbocycles. The first kappa shape index (κ1) is 32.3. The van der Waals surface area contributed by atoms with E-state index in [0.717, 1.165) is 37.1 Å². The second-order valence-electron chi connectivity index (χ2n) is 13.8. The zero-order valence-corrected chi connectivity index (χ0v) is 26.1. The Bertz CT molecular complexity index is 1100. The summed E-state index contributed by atoms with van der Waals surface area (Å²) in [5.74, 6) is -1.11. The maximum atomic E-state index is 12.8. The van der Waals surface area contributed by atoms with Crippen molar-refractivity contribution in [2.24, 2.45) is 10.8 Å². The summed E-state index contributed by atoms with van der Waals surface area (Å²) in [5, 5.41) is 0. The lowest BCUT2D eigenvalue weighted by Crippen LogP contribution is -2.45. The van der Waals surface area contributed by atoms with E-state index in [4.69, 9.17) is 4.74 Å². The summed E-state index contributed by atoms with van der Waals surface area (Å²) in [7, 11) is 0. The van der Waals surface area contributed by atoms with Gasteiger partial charge in [0.05, 0.1) is 6.61 Å². The second kappa shape index (κ2) is 12.1. The van der Waals surface area contributed by atoms with Crippen LogP contribution in [0.3, 0.4) is 0 Å². The van der Waals surface area contributed by atoms with Gasteiger partial charge in [0, 0.05) is 53.3 Å². The van der Waals surface area contributed by atoms with Gasteiger partial charge in [0.15, 0.2) is 5.78 Å². The number of nitrogens with zero attached hydrogens (tertiary/aromatic N) is 2. The molecular formula is C33H50N2O4. The van der Waals surface area contributed by atoms with E-state index in [2.05, 4.69) is 71.4 Å². The molecule has 2 heterocycles. The maximum Gasteiger partial charge on any atom is 0.379 e. The zero-order valence-electron chi connectivity index (χ0n) is 26.1. The van der Waals surface area contributed by atoms with Crippen molar-refractivity contribution in [3.63, 3.8) is 0 Å². The van der Waals surface area contributed by atoms with E-state index in [1.807, 2.05) is 50.4 Å². The highest BCUT2D eigenvalue weighted by Crippen LogP contribution is 2.39. The number of hydrogen-bond acceptors (Lipinski definition) is 6. The quantitative estimate of drug-likeness (QED) is 0.233. The molecule has 0 atom stereocenters. The van der Waals surface area contributed by atoms with Crippen molar-refractivity contribution in [2.75, 3.05) is 19.7 Å². The van der Waals surface area contributed by atoms with Crippen LogP contribution < -0.4 is 0 Å². The van der Waals surface area contributed by atoms with Gasteiger partial charge in [0.1, 0.15) is 0 Å². The average molecular weight is 539 g/mol. The number of Topliss-reactive ketones (excluding diaryl/α,β-unsaturated/α-hetero) is 2. The summed E-state index contributed by atoms with van der Waals surface area (Å²) >= 11 is 0. The minimum atomic E-state index is -0.752. The molecule has 0 bridgehead atoms. The lowest BCUT2D eigenvalue weighted by molar-refractivity contribution is -0.152. The third kappa shape index (κ3) is 8.30. The van der Waals surface area contributed by atoms with E-state index in [-0.39, 0.29) is 34.3 Å². The van der Waals surface area contributed by atoms with Crippen molar-refractivity contribution in [3.8, 4) is 0 Å². The summed E-state index contributed by atoms with van der Waals surface area (Å²) in [4.78, 5) is 41.1. The number of carbonyl (C=O) groups is 3. The van der Waals surface area contributed by atoms with Gasteiger partial charge in [-0.15, -0.1) is 0 Å². The Labute approximate surface area is 236 Å². The number of ether oxygens (including phenoxy) is 1. The number of hydrogen-bond donors (Lipinski definition) is 0. The van der Waals surface area contributed by atoms with E-state index >= 15 is 0 Å². The van der Waals surface area contributed by atoms with Gasteiger partial charge in [-0.3, -0.25) is 9.59 Å². The number of allylic oxidation sites excluding steroid dienone is 1. The Morgan fingerprint density at radius 3 is 1.64 bits per heavy atom. The Morgan fingerprint density at radius 2 is 1.21 bits per heavy atom. The fraction of sp³-hybridized carbons (Fsp3) is 0.606. The molecule has 0 unspecified atom stereocenters. The van der Waals surface area contributed by atoms with Gasteiger partial charge in [-0.25, -0.2) is 4.79 Å². The third-order valence-electron chi connectivity index (χ3n) is 7.69. The van der Waals surface area contributed by atoms with Crippen LogP contribution in [0.25, 0.3) is 0 Å². The van der Waals surface area contributed by atoms with Gasteiger partial charge in [-0.05, 0) is 72.1 Å². The third-order valence-corrected chi connectivity index (χ3v) is 7.69. The number of ketones is 2. The molecule has 0 aromatic heterocycles. The van der Waals surface area contributed by atoms with Gasteiger partial charge in [0.25, 0.3) is 5.78 Å². The largest absolute Gasteiger partial charge is 0.460 e. The lowest BCUT2D eigenvalue weighted by Gasteiger charge is -2.43. The Morgan fingerprint density at radius 1 is 0.769 bits per heavy atom. The molecule has 216 valence electrons. The molecule has 6 nitrogen and oxygen atoms in total. The number of benzene rings is 1. The lowest BCUT2D eigenvalue weighted by atomic mass is 9.75. The van der Waals surface area contributed by atoms with Crippen molar-refractivity contribution in [2.45, 2.75) is 100 Å². The van der Waals surface area contributed by atoms with E-state index in [1.165, 1.54) is 0 Å². The predicted molar refractivity (Wildman–Crippen MR) is 158 cm³/mol. The van der Waals surface area contributed by atoms with Crippen LogP contribution in [0.2, 0.25) is 0 Å². The predicted octanol–water partition coefficient (Wildman–Crippen LogP) is 6.82. The Hall–Kier alpha value is -2.89. The fourth-order valence-electron chi connectivity index (χ4n) is 4.70. The van der Waals surface area contributed by atoms with Crippen molar-refractivity contribution < 1.29 is 19.1 Å². The fourth-order valence-corrected chi connectivity index (χ4v) is 4.70. The average Bonchev–Trinajstić information content (AvgIpc) is 2.82. The summed E-state index contributed by atoms with van der Waals surface area (Å²) in [6, 6.07) is 9.58. The summed E-state index contributed by atoms with van der Waals surface area (Å²) in [6.45, 7) is 25.0. The highest BCUT2D eigenvalue weighted by atomic mass is 16.5. The smallest absolute Gasteiger partial charge is 0.379 e. The molecule has 0 fully saturated rings. The molecule has 0 amide bonds. The highest BCUT2D eigenvalue weighted by Gasteiger charge is 2.38. The van der Waals surface area contributed by atoms with Crippen LogP contribution in [0.1, 0.15) is 99.4 Å². The highest BCUT2D eigenvalue weighted by molar-refractivity contribution is 6.40. The van der Waals surface area contributed by atoms with E-state index < -0.39 is 11.8 Å². The first-order valence-electron chi connectivity index (χ1n) is 14.1. The van der Waals surface area contributed by atoms with Crippen LogP contribution in [-0.2, 0) is 14.3 Å². The van der Waals surface area contributed by atoms with Gasteiger partial charge >= 0.3 is 5.97 Å². The standard InChI is InChI=1S/C18H25NO.C15H25NO3/c1-17(2,3)19-12-11-18(4,5)15(13-19)16(20)14-9-7-6-8-10-14;1-7-19-13(18)12(17)11-10-16(14(2,3)4)9-8-15(11,5)6/h6-10,13H,11-12H2,1-5H3;10H,7-9H2,1-6H3. The Balaban J connectivity index is 0.000000274. The second-order valence-corrected chi connectivity index (χ2v) is 13.8. The molecule has 1 aromatic carbocycles. The van der Waals surface area contributed by atoms with Crippen LogP contribution in [0.5, 0.6) is 0 Å². The molecule has 6 heteroatoms. The molecule has 0 spiro atoms. The summed E-state index contributed by atoms with van der Waals surface area (Å²) < 4.78 is 4.82. The van der Waals surface area contributed by atoms with Gasteiger partial charge in [-0.2, -0.15) is 0 Å². The summed E-state index contributed by atoms with van der Waals surface area (Å²) in [6.07, 6.45) is 5.78. The number of rotatable bonds is 5. The van der Waals surface area contributed by atoms with Crippen LogP contribution in [0, 0.1) is 10.8 Å². The van der Waals surface area contributed by atoms with Gasteiger partial charge in [-0.1, -0.05) is 58.0 Å². The molecule has 2 aliphatic heterocycles. The Kier molecular flexibility index (Phi) is 10.0. The first-order chi connectivity index (χ1) is 17.8. The van der Waals surface area contributed by atoms with Crippen LogP contribution in [0.4, 0.5) is 0 Å². The minimum Gasteiger partial charge on any atom is -0.460 e. The number of esters is 1. The molecule has 3 rings (SSSR count). The van der Waals surface area contributed by atoms with E-state index in [9.17, 15) is 14.4 Å². The van der Waals surface area contributed by atoms with Crippen LogP contribution in [0.15, 0.2) is 53.9 Å². The monoisotopic (exact) mass is 538 g/mol. The first-order valence-corrected chi connectivity index (χ1v) is 14.1. The molecule has 1 aromatic rings. The molecule has 0 saturated carbocycles. The molecular weight excluding hydrogens is 488 g/mol. The SMILES string of the molecule is CC1(C)CCN(C(C)(C)C)C=C1C(=O)c1ccccc1.CCOC(=O)C(=O)C1=CN(C(C)(C)C)CCC1(C)C. The van der Waals surface area contributed by atoms with Crippen molar-refractivity contribution >= 4 is 17.5 Å².